The van der Waals surface area contributed by atoms with E-state index in [-0.39, 0.29) is 10.6 Å². The fourth-order valence-corrected chi connectivity index (χ4v) is 2.28. The van der Waals surface area contributed by atoms with Crippen LogP contribution in [0.25, 0.3) is 0 Å². The van der Waals surface area contributed by atoms with Crippen molar-refractivity contribution in [1.82, 2.24) is 5.32 Å². The number of rotatable bonds is 3. The molecule has 1 atom stereocenters. The van der Waals surface area contributed by atoms with E-state index in [1.54, 1.807) is 13.1 Å². The topological polar surface area (TPSA) is 25.2 Å². The smallest absolute Gasteiger partial charge is 0.142 e. The molecule has 96 valence electrons. The van der Waals surface area contributed by atoms with E-state index in [1.165, 1.54) is 6.26 Å². The molecule has 0 saturated heterocycles. The third-order valence-corrected chi connectivity index (χ3v) is 3.49. The van der Waals surface area contributed by atoms with Crippen molar-refractivity contribution in [2.45, 2.75) is 6.04 Å². The quantitative estimate of drug-likeness (QED) is 0.846. The second-order valence-electron chi connectivity index (χ2n) is 3.64. The second-order valence-corrected chi connectivity index (χ2v) is 4.90. The Labute approximate surface area is 116 Å². The van der Waals surface area contributed by atoms with Gasteiger partial charge in [0, 0.05) is 5.56 Å². The lowest BCUT2D eigenvalue weighted by atomic mass is 10.0. The zero-order valence-electron chi connectivity index (χ0n) is 9.31. The fraction of sp³-hybridized carbons (Fsp3) is 0.167. The van der Waals surface area contributed by atoms with Gasteiger partial charge in [-0.25, -0.2) is 8.78 Å². The van der Waals surface area contributed by atoms with Gasteiger partial charge in [0.05, 0.1) is 21.8 Å². The largest absolute Gasteiger partial charge is 0.466 e. The summed E-state index contributed by atoms with van der Waals surface area (Å²) in [5.41, 5.74) is 0.134. The maximum Gasteiger partial charge on any atom is 0.142 e. The van der Waals surface area contributed by atoms with Crippen LogP contribution in [0.1, 0.15) is 17.4 Å². The van der Waals surface area contributed by atoms with Crippen molar-refractivity contribution in [2.75, 3.05) is 7.05 Å². The molecule has 6 heteroatoms. The summed E-state index contributed by atoms with van der Waals surface area (Å²) in [5.74, 6) is -0.793. The SMILES string of the molecule is CNC(c1cc(F)c(Cl)cc1F)c1occc1Br. The van der Waals surface area contributed by atoms with Gasteiger partial charge in [-0.2, -0.15) is 0 Å². The molecular weight excluding hydrogens is 327 g/mol. The molecule has 0 spiro atoms. The molecule has 0 aliphatic heterocycles. The van der Waals surface area contributed by atoms with E-state index in [4.69, 9.17) is 16.0 Å². The molecule has 0 saturated carbocycles. The molecule has 0 aliphatic carbocycles. The summed E-state index contributed by atoms with van der Waals surface area (Å²) >= 11 is 8.81. The summed E-state index contributed by atoms with van der Waals surface area (Å²) in [6.07, 6.45) is 1.47. The van der Waals surface area contributed by atoms with Crippen molar-refractivity contribution >= 4 is 27.5 Å². The lowest BCUT2D eigenvalue weighted by molar-refractivity contribution is 0.448. The van der Waals surface area contributed by atoms with Gasteiger partial charge >= 0.3 is 0 Å². The maximum atomic E-state index is 13.8. The van der Waals surface area contributed by atoms with Gasteiger partial charge in [-0.05, 0) is 41.2 Å². The molecule has 1 N–H and O–H groups in total. The number of hydrogen-bond acceptors (Lipinski definition) is 2. The molecule has 0 amide bonds. The Hall–Kier alpha value is -0.910. The van der Waals surface area contributed by atoms with E-state index in [2.05, 4.69) is 21.2 Å². The number of halogens is 4. The minimum absolute atomic E-state index is 0.134. The second kappa shape index (κ2) is 5.38. The zero-order valence-corrected chi connectivity index (χ0v) is 11.6. The molecule has 1 unspecified atom stereocenters. The molecule has 0 radical (unpaired) electrons. The molecule has 0 bridgehead atoms. The molecule has 0 aliphatic rings. The highest BCUT2D eigenvalue weighted by Crippen LogP contribution is 2.32. The number of benzene rings is 1. The summed E-state index contributed by atoms with van der Waals surface area (Å²) < 4.78 is 33.2. The lowest BCUT2D eigenvalue weighted by Crippen LogP contribution is -2.19. The Bertz CT molecular complexity index is 573. The van der Waals surface area contributed by atoms with Crippen LogP contribution in [-0.4, -0.2) is 7.05 Å². The molecule has 1 aromatic heterocycles. The fourth-order valence-electron chi connectivity index (χ4n) is 1.70. The van der Waals surface area contributed by atoms with Gasteiger partial charge in [0.2, 0.25) is 0 Å². The van der Waals surface area contributed by atoms with Crippen LogP contribution >= 0.6 is 27.5 Å². The van der Waals surface area contributed by atoms with Crippen LogP contribution in [0.3, 0.4) is 0 Å². The Morgan fingerprint density at radius 3 is 2.61 bits per heavy atom. The summed E-state index contributed by atoms with van der Waals surface area (Å²) in [6, 6.07) is 3.10. The minimum Gasteiger partial charge on any atom is -0.466 e. The summed E-state index contributed by atoms with van der Waals surface area (Å²) in [7, 11) is 1.63. The van der Waals surface area contributed by atoms with Crippen molar-refractivity contribution in [1.29, 1.82) is 0 Å². The van der Waals surface area contributed by atoms with E-state index >= 15 is 0 Å². The average molecular weight is 337 g/mol. The van der Waals surface area contributed by atoms with Crippen LogP contribution < -0.4 is 5.32 Å². The molecule has 2 aromatic rings. The van der Waals surface area contributed by atoms with Gasteiger partial charge in [-0.1, -0.05) is 11.6 Å². The van der Waals surface area contributed by atoms with Gasteiger partial charge in [-0.15, -0.1) is 0 Å². The number of nitrogens with one attached hydrogen (secondary N) is 1. The van der Waals surface area contributed by atoms with E-state index < -0.39 is 17.7 Å². The first-order valence-electron chi connectivity index (χ1n) is 5.09. The third-order valence-electron chi connectivity index (χ3n) is 2.55. The highest BCUT2D eigenvalue weighted by Gasteiger charge is 2.23. The first-order chi connectivity index (χ1) is 8.54. The highest BCUT2D eigenvalue weighted by molar-refractivity contribution is 9.10. The molecule has 2 rings (SSSR count). The van der Waals surface area contributed by atoms with E-state index in [1.807, 2.05) is 0 Å². The van der Waals surface area contributed by atoms with Crippen molar-refractivity contribution in [2.24, 2.45) is 0 Å². The lowest BCUT2D eigenvalue weighted by Gasteiger charge is -2.16. The first kappa shape index (κ1) is 13.5. The zero-order chi connectivity index (χ0) is 13.3. The van der Waals surface area contributed by atoms with Gasteiger partial charge in [-0.3, -0.25) is 0 Å². The molecule has 1 heterocycles. The van der Waals surface area contributed by atoms with Gasteiger partial charge in [0.25, 0.3) is 0 Å². The molecule has 2 nitrogen and oxygen atoms in total. The standard InChI is InChI=1S/C12H9BrClF2NO/c1-17-11(12-7(13)2-3-18-12)6-4-10(16)8(14)5-9(6)15/h2-5,11,17H,1H3. The monoisotopic (exact) mass is 335 g/mol. The Morgan fingerprint density at radius 1 is 1.33 bits per heavy atom. The normalized spacial score (nSPS) is 12.7. The van der Waals surface area contributed by atoms with Gasteiger partial charge < -0.3 is 9.73 Å². The van der Waals surface area contributed by atoms with Crippen LogP contribution in [0, 0.1) is 11.6 Å². The Kier molecular flexibility index (Phi) is 4.04. The van der Waals surface area contributed by atoms with Crippen molar-refractivity contribution in [3.8, 4) is 0 Å². The van der Waals surface area contributed by atoms with Crippen LogP contribution in [0.4, 0.5) is 8.78 Å². The average Bonchev–Trinajstić information content (AvgIpc) is 2.73. The predicted octanol–water partition coefficient (Wildman–Crippen LogP) is 4.28. The molecular formula is C12H9BrClF2NO. The number of hydrogen-bond donors (Lipinski definition) is 1. The van der Waals surface area contributed by atoms with E-state index in [0.29, 0.717) is 10.2 Å². The highest BCUT2D eigenvalue weighted by atomic mass is 79.9. The van der Waals surface area contributed by atoms with Crippen LogP contribution in [0.2, 0.25) is 5.02 Å². The van der Waals surface area contributed by atoms with Crippen molar-refractivity contribution in [3.05, 3.63) is 56.9 Å². The van der Waals surface area contributed by atoms with Gasteiger partial charge in [0.15, 0.2) is 0 Å². The maximum absolute atomic E-state index is 13.8. The van der Waals surface area contributed by atoms with E-state index in [0.717, 1.165) is 12.1 Å². The summed E-state index contributed by atoms with van der Waals surface area (Å²) in [4.78, 5) is 0. The van der Waals surface area contributed by atoms with Crippen LogP contribution in [0.5, 0.6) is 0 Å². The molecule has 0 fully saturated rings. The van der Waals surface area contributed by atoms with E-state index in [9.17, 15) is 8.78 Å². The number of furan rings is 1. The van der Waals surface area contributed by atoms with Crippen LogP contribution in [-0.2, 0) is 0 Å². The minimum atomic E-state index is -0.670. The Balaban J connectivity index is 2.52. The van der Waals surface area contributed by atoms with Crippen molar-refractivity contribution < 1.29 is 13.2 Å². The van der Waals surface area contributed by atoms with Crippen molar-refractivity contribution in [3.63, 3.8) is 0 Å². The molecule has 1 aromatic carbocycles. The third kappa shape index (κ3) is 2.43. The summed E-state index contributed by atoms with van der Waals surface area (Å²) in [5, 5.41) is 2.63. The Morgan fingerprint density at radius 2 is 2.06 bits per heavy atom. The van der Waals surface area contributed by atoms with Crippen LogP contribution in [0.15, 0.2) is 33.4 Å². The molecule has 18 heavy (non-hydrogen) atoms. The van der Waals surface area contributed by atoms with Gasteiger partial charge in [0.1, 0.15) is 17.4 Å². The first-order valence-corrected chi connectivity index (χ1v) is 6.26. The summed E-state index contributed by atoms with van der Waals surface area (Å²) in [6.45, 7) is 0. The predicted molar refractivity (Wildman–Crippen MR) is 68.7 cm³/mol.